The molecule has 1 N–H and O–H groups in total. The molecule has 178 valence electrons. The van der Waals surface area contributed by atoms with E-state index < -0.39 is 11.7 Å². The number of halogens is 3. The summed E-state index contributed by atoms with van der Waals surface area (Å²) >= 11 is 0. The molecule has 0 fully saturated rings. The van der Waals surface area contributed by atoms with Crippen LogP contribution >= 0.6 is 0 Å². The number of hydrogen-bond acceptors (Lipinski definition) is 3. The van der Waals surface area contributed by atoms with Crippen molar-refractivity contribution in [3.05, 3.63) is 88.8 Å². The molecule has 0 aliphatic heterocycles. The fraction of sp³-hybridized carbons (Fsp3) is 0.308. The Morgan fingerprint density at radius 1 is 1.03 bits per heavy atom. The molecular formula is C26H27F3N4O. The van der Waals surface area contributed by atoms with Gasteiger partial charge < -0.3 is 10.2 Å². The summed E-state index contributed by atoms with van der Waals surface area (Å²) < 4.78 is 40.4. The third kappa shape index (κ3) is 4.71. The predicted molar refractivity (Wildman–Crippen MR) is 127 cm³/mol. The summed E-state index contributed by atoms with van der Waals surface area (Å²) in [6.07, 6.45) is 0.377. The molecule has 0 spiro atoms. The predicted octanol–water partition coefficient (Wildman–Crippen LogP) is 5.42. The van der Waals surface area contributed by atoms with Gasteiger partial charge in [-0.1, -0.05) is 12.2 Å². The van der Waals surface area contributed by atoms with Gasteiger partial charge in [-0.05, 0) is 68.8 Å². The molecule has 1 aliphatic rings. The zero-order valence-corrected chi connectivity index (χ0v) is 19.5. The first kappa shape index (κ1) is 23.6. The second-order valence-electron chi connectivity index (χ2n) is 8.79. The maximum Gasteiger partial charge on any atom is 0.416 e. The number of carbonyl (C=O) groups excluding carboxylic acids is 1. The van der Waals surface area contributed by atoms with Gasteiger partial charge >= 0.3 is 6.18 Å². The van der Waals surface area contributed by atoms with Crippen molar-refractivity contribution >= 4 is 11.6 Å². The van der Waals surface area contributed by atoms with E-state index in [-0.39, 0.29) is 17.9 Å². The third-order valence-electron chi connectivity index (χ3n) is 6.20. The van der Waals surface area contributed by atoms with Crippen LogP contribution in [0.3, 0.4) is 0 Å². The largest absolute Gasteiger partial charge is 0.416 e. The molecule has 1 amide bonds. The molecule has 0 saturated carbocycles. The molecule has 1 aromatic heterocycles. The minimum atomic E-state index is -4.37. The molecule has 0 unspecified atom stereocenters. The quantitative estimate of drug-likeness (QED) is 0.509. The third-order valence-corrected chi connectivity index (χ3v) is 6.20. The SMILES string of the molecule is Cc1nn(-c2ccc(C(F)(F)F)cc2)c(C)c1[C@@H]1C=C[C@@H](NC(=O)c2ccc(N(C)C)cc2)C1. The van der Waals surface area contributed by atoms with Crippen molar-refractivity contribution in [2.24, 2.45) is 0 Å². The highest BCUT2D eigenvalue weighted by atomic mass is 19.4. The normalized spacial score (nSPS) is 17.7. The van der Waals surface area contributed by atoms with E-state index in [0.717, 1.165) is 34.8 Å². The molecule has 4 rings (SSSR count). The van der Waals surface area contributed by atoms with Gasteiger partial charge in [0.15, 0.2) is 0 Å². The van der Waals surface area contributed by atoms with E-state index in [2.05, 4.69) is 16.5 Å². The van der Waals surface area contributed by atoms with Gasteiger partial charge in [0, 0.05) is 48.6 Å². The summed E-state index contributed by atoms with van der Waals surface area (Å²) in [5, 5.41) is 7.65. The first-order valence-corrected chi connectivity index (χ1v) is 11.0. The summed E-state index contributed by atoms with van der Waals surface area (Å²) in [5.41, 5.74) is 4.23. The smallest absolute Gasteiger partial charge is 0.378 e. The maximum absolute atomic E-state index is 12.9. The van der Waals surface area contributed by atoms with Crippen molar-refractivity contribution in [3.63, 3.8) is 0 Å². The van der Waals surface area contributed by atoms with Crippen molar-refractivity contribution in [1.29, 1.82) is 0 Å². The Morgan fingerprint density at radius 3 is 2.26 bits per heavy atom. The number of benzene rings is 2. The monoisotopic (exact) mass is 468 g/mol. The molecule has 1 heterocycles. The summed E-state index contributed by atoms with van der Waals surface area (Å²) in [6, 6.07) is 12.3. The van der Waals surface area contributed by atoms with Gasteiger partial charge in [0.05, 0.1) is 16.9 Å². The second-order valence-corrected chi connectivity index (χ2v) is 8.79. The highest BCUT2D eigenvalue weighted by molar-refractivity contribution is 5.94. The molecule has 2 atom stereocenters. The molecule has 3 aromatic rings. The number of aromatic nitrogens is 2. The van der Waals surface area contributed by atoms with E-state index in [0.29, 0.717) is 17.7 Å². The molecule has 1 aliphatic carbocycles. The molecule has 0 bridgehead atoms. The lowest BCUT2D eigenvalue weighted by atomic mass is 9.95. The van der Waals surface area contributed by atoms with Crippen molar-refractivity contribution in [2.45, 2.75) is 38.4 Å². The van der Waals surface area contributed by atoms with Crippen LogP contribution in [0.15, 0.2) is 60.7 Å². The van der Waals surface area contributed by atoms with Gasteiger partial charge in [-0.15, -0.1) is 0 Å². The van der Waals surface area contributed by atoms with E-state index in [1.165, 1.54) is 12.1 Å². The van der Waals surface area contributed by atoms with Gasteiger partial charge in [0.25, 0.3) is 5.91 Å². The number of alkyl halides is 3. The highest BCUT2D eigenvalue weighted by Crippen LogP contribution is 2.35. The number of amides is 1. The van der Waals surface area contributed by atoms with Crippen LogP contribution < -0.4 is 10.2 Å². The lowest BCUT2D eigenvalue weighted by Gasteiger charge is -2.16. The summed E-state index contributed by atoms with van der Waals surface area (Å²) in [7, 11) is 3.89. The molecule has 34 heavy (non-hydrogen) atoms. The fourth-order valence-electron chi connectivity index (χ4n) is 4.42. The number of aryl methyl sites for hydroxylation is 1. The Balaban J connectivity index is 1.46. The van der Waals surface area contributed by atoms with Gasteiger partial charge in [-0.3, -0.25) is 4.79 Å². The summed E-state index contributed by atoms with van der Waals surface area (Å²) in [4.78, 5) is 14.7. The zero-order chi connectivity index (χ0) is 24.6. The molecule has 0 saturated heterocycles. The second kappa shape index (κ2) is 9.00. The first-order chi connectivity index (χ1) is 16.0. The minimum absolute atomic E-state index is 0.0598. The van der Waals surface area contributed by atoms with Crippen LogP contribution in [0, 0.1) is 13.8 Å². The number of nitrogens with zero attached hydrogens (tertiary/aromatic N) is 3. The van der Waals surface area contributed by atoms with Crippen molar-refractivity contribution in [3.8, 4) is 5.69 Å². The first-order valence-electron chi connectivity index (χ1n) is 11.0. The lowest BCUT2D eigenvalue weighted by molar-refractivity contribution is -0.137. The lowest BCUT2D eigenvalue weighted by Crippen LogP contribution is -2.32. The van der Waals surface area contributed by atoms with Crippen LogP contribution in [0.1, 0.15) is 45.2 Å². The average Bonchev–Trinajstić information content (AvgIpc) is 3.36. The summed E-state index contributed by atoms with van der Waals surface area (Å²) in [5.74, 6) is -0.0703. The molecule has 5 nitrogen and oxygen atoms in total. The Hall–Kier alpha value is -3.55. The van der Waals surface area contributed by atoms with Crippen LogP contribution in [0.2, 0.25) is 0 Å². The minimum Gasteiger partial charge on any atom is -0.378 e. The Bertz CT molecular complexity index is 1210. The highest BCUT2D eigenvalue weighted by Gasteiger charge is 2.31. The van der Waals surface area contributed by atoms with E-state index in [9.17, 15) is 18.0 Å². The maximum atomic E-state index is 12.9. The number of rotatable bonds is 5. The van der Waals surface area contributed by atoms with Gasteiger partial charge in [-0.2, -0.15) is 18.3 Å². The molecule has 0 radical (unpaired) electrons. The molecule has 2 aromatic carbocycles. The fourth-order valence-corrected chi connectivity index (χ4v) is 4.42. The van der Waals surface area contributed by atoms with Crippen molar-refractivity contribution < 1.29 is 18.0 Å². The van der Waals surface area contributed by atoms with Crippen molar-refractivity contribution in [1.82, 2.24) is 15.1 Å². The average molecular weight is 469 g/mol. The van der Waals surface area contributed by atoms with E-state index in [4.69, 9.17) is 0 Å². The number of hydrogen-bond donors (Lipinski definition) is 1. The van der Waals surface area contributed by atoms with Crippen LogP contribution in [0.25, 0.3) is 5.69 Å². The van der Waals surface area contributed by atoms with E-state index in [1.807, 2.05) is 63.2 Å². The van der Waals surface area contributed by atoms with E-state index in [1.54, 1.807) is 4.68 Å². The Morgan fingerprint density at radius 2 is 1.68 bits per heavy atom. The zero-order valence-electron chi connectivity index (χ0n) is 19.5. The Kier molecular flexibility index (Phi) is 6.25. The van der Waals surface area contributed by atoms with Crippen LogP contribution in [-0.4, -0.2) is 35.8 Å². The Labute approximate surface area is 196 Å². The molecular weight excluding hydrogens is 441 g/mol. The summed E-state index contributed by atoms with van der Waals surface area (Å²) in [6.45, 7) is 3.81. The van der Waals surface area contributed by atoms with Crippen LogP contribution in [0.5, 0.6) is 0 Å². The van der Waals surface area contributed by atoms with Gasteiger partial charge in [-0.25, -0.2) is 4.68 Å². The van der Waals surface area contributed by atoms with Gasteiger partial charge in [0.1, 0.15) is 0 Å². The number of allylic oxidation sites excluding steroid dienone is 1. The number of carbonyl (C=O) groups is 1. The molecule has 8 heteroatoms. The topological polar surface area (TPSA) is 50.2 Å². The van der Waals surface area contributed by atoms with Crippen molar-refractivity contribution in [2.75, 3.05) is 19.0 Å². The van der Waals surface area contributed by atoms with Gasteiger partial charge in [0.2, 0.25) is 0 Å². The van der Waals surface area contributed by atoms with Crippen LogP contribution in [0.4, 0.5) is 18.9 Å². The van der Waals surface area contributed by atoms with Crippen LogP contribution in [-0.2, 0) is 6.18 Å². The standard InChI is InChI=1S/C26H27F3N4O/c1-16-24(17(2)33(31-16)23-13-8-20(9-14-23)26(27,28)29)19-5-10-21(15-19)30-25(34)18-6-11-22(12-7-18)32(3)4/h5-14,19,21H,15H2,1-4H3,(H,30,34)/t19-,21-/m1/s1. The van der Waals surface area contributed by atoms with E-state index >= 15 is 0 Å². The number of anilines is 1. The number of nitrogens with one attached hydrogen (secondary N) is 1.